The Morgan fingerprint density at radius 1 is 1.21 bits per heavy atom. The zero-order chi connectivity index (χ0) is 23.5. The first kappa shape index (κ1) is 23.2. The van der Waals surface area contributed by atoms with E-state index in [0.717, 1.165) is 11.1 Å². The summed E-state index contributed by atoms with van der Waals surface area (Å²) in [5.74, 6) is 1.64. The maximum absolute atomic E-state index is 13.2. The maximum Gasteiger partial charge on any atom is 0.279 e. The van der Waals surface area contributed by atoms with Crippen LogP contribution in [0.1, 0.15) is 36.0 Å². The van der Waals surface area contributed by atoms with E-state index in [1.54, 1.807) is 24.8 Å². The van der Waals surface area contributed by atoms with Gasteiger partial charge in [0, 0.05) is 30.2 Å². The summed E-state index contributed by atoms with van der Waals surface area (Å²) >= 11 is 7.49. The van der Waals surface area contributed by atoms with Crippen molar-refractivity contribution < 1.29 is 14.3 Å². The number of fused-ring (bicyclic) bond motifs is 1. The molecular formula is C24H24ClN3O4S. The molecule has 0 saturated heterocycles. The summed E-state index contributed by atoms with van der Waals surface area (Å²) in [5, 5.41) is 4.04. The van der Waals surface area contributed by atoms with E-state index < -0.39 is 5.92 Å². The SMILES string of the molecule is CCOc1cc([C@@H]2CC(=O)Nc3c2c(=O)nc(SCc2cccc(Cl)c2)n3C)ccc1OC. The summed E-state index contributed by atoms with van der Waals surface area (Å²) in [5.41, 5.74) is 1.93. The van der Waals surface area contributed by atoms with Crippen molar-refractivity contribution in [3.8, 4) is 11.5 Å². The molecule has 0 fully saturated rings. The largest absolute Gasteiger partial charge is 0.493 e. The lowest BCUT2D eigenvalue weighted by atomic mass is 9.86. The zero-order valence-electron chi connectivity index (χ0n) is 18.6. The molecule has 172 valence electrons. The Balaban J connectivity index is 1.72. The minimum atomic E-state index is -0.433. The molecule has 9 heteroatoms. The number of anilines is 1. The van der Waals surface area contributed by atoms with Crippen LogP contribution in [-0.4, -0.2) is 29.2 Å². The average Bonchev–Trinajstić information content (AvgIpc) is 2.80. The van der Waals surface area contributed by atoms with Crippen molar-refractivity contribution in [3.05, 3.63) is 74.5 Å². The van der Waals surface area contributed by atoms with Gasteiger partial charge in [-0.2, -0.15) is 4.98 Å². The molecule has 0 spiro atoms. The highest BCUT2D eigenvalue weighted by atomic mass is 35.5. The van der Waals surface area contributed by atoms with Crippen molar-refractivity contribution in [2.75, 3.05) is 19.0 Å². The van der Waals surface area contributed by atoms with E-state index in [1.165, 1.54) is 11.8 Å². The minimum Gasteiger partial charge on any atom is -0.493 e. The number of thioether (sulfide) groups is 1. The second kappa shape index (κ2) is 9.89. The fourth-order valence-corrected chi connectivity index (χ4v) is 5.02. The number of hydrogen-bond donors (Lipinski definition) is 1. The molecule has 2 heterocycles. The van der Waals surface area contributed by atoms with Crippen LogP contribution in [0.3, 0.4) is 0 Å². The molecule has 7 nitrogen and oxygen atoms in total. The van der Waals surface area contributed by atoms with Gasteiger partial charge in [0.1, 0.15) is 5.82 Å². The highest BCUT2D eigenvalue weighted by Gasteiger charge is 2.32. The standard InChI is InChI=1S/C24H24ClN3O4S/c1-4-32-19-11-15(8-9-18(19)31-3)17-12-20(29)26-22-21(17)23(30)27-24(28(22)2)33-13-14-6-5-7-16(25)10-14/h5-11,17H,4,12-13H2,1-3H3,(H,26,29)/t17-/m0/s1. The normalized spacial score (nSPS) is 15.0. The summed E-state index contributed by atoms with van der Waals surface area (Å²) in [4.78, 5) is 30.1. The topological polar surface area (TPSA) is 82.5 Å². The molecular weight excluding hydrogens is 462 g/mol. The Kier molecular flexibility index (Phi) is 6.95. The fourth-order valence-electron chi connectivity index (χ4n) is 3.90. The number of carbonyl (C=O) groups is 1. The van der Waals surface area contributed by atoms with Crippen molar-refractivity contribution in [1.29, 1.82) is 0 Å². The summed E-state index contributed by atoms with van der Waals surface area (Å²) in [6, 6.07) is 13.0. The molecule has 1 N–H and O–H groups in total. The van der Waals surface area contributed by atoms with Gasteiger partial charge in [0.15, 0.2) is 16.7 Å². The highest BCUT2D eigenvalue weighted by Crippen LogP contribution is 2.39. The van der Waals surface area contributed by atoms with Crippen LogP contribution in [0.5, 0.6) is 11.5 Å². The van der Waals surface area contributed by atoms with Gasteiger partial charge in [0.2, 0.25) is 5.91 Å². The van der Waals surface area contributed by atoms with Crippen LogP contribution in [0.25, 0.3) is 0 Å². The number of carbonyl (C=O) groups excluding carboxylic acids is 1. The van der Waals surface area contributed by atoms with Crippen molar-refractivity contribution in [2.24, 2.45) is 7.05 Å². The zero-order valence-corrected chi connectivity index (χ0v) is 20.1. The number of nitrogens with one attached hydrogen (secondary N) is 1. The van der Waals surface area contributed by atoms with Gasteiger partial charge in [0.05, 0.1) is 19.3 Å². The van der Waals surface area contributed by atoms with E-state index in [2.05, 4.69) is 10.3 Å². The van der Waals surface area contributed by atoms with Gasteiger partial charge in [0.25, 0.3) is 5.56 Å². The number of methoxy groups -OCH3 is 1. The summed E-state index contributed by atoms with van der Waals surface area (Å²) in [6.07, 6.45) is 0.150. The molecule has 1 aliphatic heterocycles. The molecule has 1 aliphatic rings. The maximum atomic E-state index is 13.2. The predicted octanol–water partition coefficient (Wildman–Crippen LogP) is 4.61. The first-order valence-electron chi connectivity index (χ1n) is 10.5. The Bertz CT molecular complexity index is 1260. The molecule has 1 atom stereocenters. The number of benzene rings is 2. The van der Waals surface area contributed by atoms with E-state index in [1.807, 2.05) is 43.3 Å². The highest BCUT2D eigenvalue weighted by molar-refractivity contribution is 7.98. The number of ether oxygens (including phenoxy) is 2. The molecule has 0 bridgehead atoms. The van der Waals surface area contributed by atoms with Crippen LogP contribution < -0.4 is 20.3 Å². The molecule has 1 aromatic heterocycles. The first-order chi connectivity index (χ1) is 15.9. The predicted molar refractivity (Wildman–Crippen MR) is 130 cm³/mol. The Morgan fingerprint density at radius 3 is 2.76 bits per heavy atom. The van der Waals surface area contributed by atoms with Crippen LogP contribution in [0.15, 0.2) is 52.4 Å². The molecule has 1 amide bonds. The van der Waals surface area contributed by atoms with E-state index in [-0.39, 0.29) is 17.9 Å². The van der Waals surface area contributed by atoms with Gasteiger partial charge in [-0.25, -0.2) is 0 Å². The Morgan fingerprint density at radius 2 is 2.03 bits per heavy atom. The van der Waals surface area contributed by atoms with E-state index in [0.29, 0.717) is 45.4 Å². The van der Waals surface area contributed by atoms with Crippen molar-refractivity contribution >= 4 is 35.1 Å². The monoisotopic (exact) mass is 485 g/mol. The summed E-state index contributed by atoms with van der Waals surface area (Å²) in [6.45, 7) is 2.36. The first-order valence-corrected chi connectivity index (χ1v) is 11.9. The number of halogens is 1. The summed E-state index contributed by atoms with van der Waals surface area (Å²) in [7, 11) is 3.37. The van der Waals surface area contributed by atoms with Crippen molar-refractivity contribution in [3.63, 3.8) is 0 Å². The minimum absolute atomic E-state index is 0.150. The molecule has 3 aromatic rings. The van der Waals surface area contributed by atoms with Gasteiger partial charge in [-0.1, -0.05) is 41.6 Å². The van der Waals surface area contributed by atoms with Gasteiger partial charge < -0.3 is 19.4 Å². The van der Waals surface area contributed by atoms with Crippen LogP contribution in [0, 0.1) is 0 Å². The van der Waals surface area contributed by atoms with Gasteiger partial charge in [-0.05, 0) is 42.3 Å². The third kappa shape index (κ3) is 4.86. The van der Waals surface area contributed by atoms with E-state index in [9.17, 15) is 9.59 Å². The van der Waals surface area contributed by atoms with Crippen LogP contribution >= 0.6 is 23.4 Å². The lowest BCUT2D eigenvalue weighted by Gasteiger charge is -2.28. The third-order valence-electron chi connectivity index (χ3n) is 5.45. The molecule has 0 unspecified atom stereocenters. The van der Waals surface area contributed by atoms with Crippen molar-refractivity contribution in [2.45, 2.75) is 30.2 Å². The second-order valence-electron chi connectivity index (χ2n) is 7.59. The molecule has 2 aromatic carbocycles. The number of nitrogens with zero attached hydrogens (tertiary/aromatic N) is 2. The smallest absolute Gasteiger partial charge is 0.279 e. The Labute approximate surface area is 201 Å². The fraction of sp³-hybridized carbons (Fsp3) is 0.292. The molecule has 4 rings (SSSR count). The number of hydrogen-bond acceptors (Lipinski definition) is 6. The van der Waals surface area contributed by atoms with Gasteiger partial charge in [-0.3, -0.25) is 9.59 Å². The third-order valence-corrected chi connectivity index (χ3v) is 6.78. The van der Waals surface area contributed by atoms with Gasteiger partial charge in [-0.15, -0.1) is 0 Å². The average molecular weight is 486 g/mol. The lowest BCUT2D eigenvalue weighted by Crippen LogP contribution is -2.33. The van der Waals surface area contributed by atoms with Gasteiger partial charge >= 0.3 is 0 Å². The Hall–Kier alpha value is -2.97. The van der Waals surface area contributed by atoms with Crippen LogP contribution in [-0.2, 0) is 17.6 Å². The van der Waals surface area contributed by atoms with Crippen LogP contribution in [0.2, 0.25) is 5.02 Å². The number of rotatable bonds is 7. The quantitative estimate of drug-likeness (QED) is 0.389. The number of aromatic nitrogens is 2. The molecule has 0 aliphatic carbocycles. The molecule has 33 heavy (non-hydrogen) atoms. The van der Waals surface area contributed by atoms with E-state index in [4.69, 9.17) is 21.1 Å². The molecule has 0 saturated carbocycles. The second-order valence-corrected chi connectivity index (χ2v) is 8.97. The van der Waals surface area contributed by atoms with Crippen LogP contribution in [0.4, 0.5) is 5.82 Å². The van der Waals surface area contributed by atoms with E-state index >= 15 is 0 Å². The van der Waals surface area contributed by atoms with Crippen molar-refractivity contribution in [1.82, 2.24) is 9.55 Å². The lowest BCUT2D eigenvalue weighted by molar-refractivity contribution is -0.116. The molecule has 0 radical (unpaired) electrons. The summed E-state index contributed by atoms with van der Waals surface area (Å²) < 4.78 is 12.8. The number of amides is 1.